The average Bonchev–Trinajstić information content (AvgIpc) is 2.43. The van der Waals surface area contributed by atoms with Crippen LogP contribution >= 0.6 is 0 Å². The number of rotatable bonds is 8. The molecule has 0 spiro atoms. The molecule has 20 heavy (non-hydrogen) atoms. The fourth-order valence-corrected chi connectivity index (χ4v) is 1.76. The van der Waals surface area contributed by atoms with Gasteiger partial charge in [0.2, 0.25) is 5.91 Å². The lowest BCUT2D eigenvalue weighted by atomic mass is 10.2. The summed E-state index contributed by atoms with van der Waals surface area (Å²) in [7, 11) is 0. The Balaban J connectivity index is 2.48. The van der Waals surface area contributed by atoms with Crippen molar-refractivity contribution in [2.75, 3.05) is 13.2 Å². The minimum atomic E-state index is -0.219. The second kappa shape index (κ2) is 8.59. The molecule has 1 unspecified atom stereocenters. The maximum atomic E-state index is 11.9. The van der Waals surface area contributed by atoms with Gasteiger partial charge in [-0.05, 0) is 25.8 Å². The van der Waals surface area contributed by atoms with Gasteiger partial charge in [0.15, 0.2) is 0 Å². The van der Waals surface area contributed by atoms with Crippen molar-refractivity contribution in [2.24, 2.45) is 5.92 Å². The molecule has 0 aliphatic heterocycles. The summed E-state index contributed by atoms with van der Waals surface area (Å²) in [5.41, 5.74) is 1.07. The third kappa shape index (κ3) is 5.61. The SMILES string of the molecule is CCOc1ccccc1CNC(C)C(=O)NCC(C)C. The van der Waals surface area contributed by atoms with Crippen LogP contribution in [0.15, 0.2) is 24.3 Å². The van der Waals surface area contributed by atoms with Gasteiger partial charge in [-0.2, -0.15) is 0 Å². The van der Waals surface area contributed by atoms with Gasteiger partial charge in [0.1, 0.15) is 5.75 Å². The second-order valence-corrected chi connectivity index (χ2v) is 5.28. The van der Waals surface area contributed by atoms with Crippen LogP contribution < -0.4 is 15.4 Å². The Hall–Kier alpha value is -1.55. The Morgan fingerprint density at radius 3 is 2.60 bits per heavy atom. The van der Waals surface area contributed by atoms with E-state index in [1.54, 1.807) is 0 Å². The van der Waals surface area contributed by atoms with Crippen LogP contribution in [0.4, 0.5) is 0 Å². The maximum Gasteiger partial charge on any atom is 0.236 e. The number of para-hydroxylation sites is 1. The molecule has 0 saturated carbocycles. The lowest BCUT2D eigenvalue weighted by molar-refractivity contribution is -0.122. The van der Waals surface area contributed by atoms with Gasteiger partial charge in [0.05, 0.1) is 12.6 Å². The average molecular weight is 278 g/mol. The Morgan fingerprint density at radius 1 is 1.25 bits per heavy atom. The van der Waals surface area contributed by atoms with E-state index in [1.807, 2.05) is 38.1 Å². The predicted octanol–water partition coefficient (Wildman–Crippen LogP) is 2.34. The van der Waals surface area contributed by atoms with Gasteiger partial charge in [-0.3, -0.25) is 4.79 Å². The molecule has 0 saturated heterocycles. The van der Waals surface area contributed by atoms with Crippen molar-refractivity contribution >= 4 is 5.91 Å². The number of ether oxygens (including phenoxy) is 1. The summed E-state index contributed by atoms with van der Waals surface area (Å²) in [6.45, 7) is 9.97. The minimum absolute atomic E-state index is 0.0348. The van der Waals surface area contributed by atoms with E-state index in [9.17, 15) is 4.79 Å². The lowest BCUT2D eigenvalue weighted by Gasteiger charge is -2.16. The highest BCUT2D eigenvalue weighted by atomic mass is 16.5. The van der Waals surface area contributed by atoms with E-state index in [4.69, 9.17) is 4.74 Å². The molecule has 0 aliphatic rings. The van der Waals surface area contributed by atoms with Gasteiger partial charge in [0.25, 0.3) is 0 Å². The van der Waals surface area contributed by atoms with Crippen LogP contribution in [-0.2, 0) is 11.3 Å². The van der Waals surface area contributed by atoms with Crippen LogP contribution in [0.2, 0.25) is 0 Å². The number of amides is 1. The molecule has 4 nitrogen and oxygen atoms in total. The quantitative estimate of drug-likeness (QED) is 0.767. The Bertz CT molecular complexity index is 419. The Labute approximate surface area is 121 Å². The fourth-order valence-electron chi connectivity index (χ4n) is 1.76. The van der Waals surface area contributed by atoms with Crippen LogP contribution in [0.5, 0.6) is 5.75 Å². The summed E-state index contributed by atoms with van der Waals surface area (Å²) >= 11 is 0. The number of benzene rings is 1. The highest BCUT2D eigenvalue weighted by molar-refractivity contribution is 5.81. The summed E-state index contributed by atoms with van der Waals surface area (Å²) < 4.78 is 5.57. The number of nitrogens with one attached hydrogen (secondary N) is 2. The van der Waals surface area contributed by atoms with Gasteiger partial charge >= 0.3 is 0 Å². The van der Waals surface area contributed by atoms with Crippen LogP contribution in [0.1, 0.15) is 33.3 Å². The Morgan fingerprint density at radius 2 is 1.95 bits per heavy atom. The van der Waals surface area contributed by atoms with E-state index in [1.165, 1.54) is 0 Å². The third-order valence-electron chi connectivity index (χ3n) is 2.95. The maximum absolute atomic E-state index is 11.9. The molecule has 1 atom stereocenters. The Kier molecular flexibility index (Phi) is 7.09. The molecule has 1 aromatic carbocycles. The zero-order valence-electron chi connectivity index (χ0n) is 12.9. The van der Waals surface area contributed by atoms with E-state index in [0.29, 0.717) is 25.6 Å². The number of carbonyl (C=O) groups is 1. The second-order valence-electron chi connectivity index (χ2n) is 5.28. The standard InChI is InChI=1S/C16H26N2O2/c1-5-20-15-9-7-6-8-14(15)11-17-13(4)16(19)18-10-12(2)3/h6-9,12-13,17H,5,10-11H2,1-4H3,(H,18,19). The molecular formula is C16H26N2O2. The van der Waals surface area contributed by atoms with E-state index in [2.05, 4.69) is 24.5 Å². The number of hydrogen-bond acceptors (Lipinski definition) is 3. The van der Waals surface area contributed by atoms with E-state index in [-0.39, 0.29) is 11.9 Å². The normalized spacial score (nSPS) is 12.2. The topological polar surface area (TPSA) is 50.4 Å². The molecule has 0 fully saturated rings. The van der Waals surface area contributed by atoms with Gasteiger partial charge in [-0.25, -0.2) is 0 Å². The van der Waals surface area contributed by atoms with Crippen molar-refractivity contribution in [2.45, 2.75) is 40.3 Å². The first-order chi connectivity index (χ1) is 9.54. The van der Waals surface area contributed by atoms with E-state index < -0.39 is 0 Å². The van der Waals surface area contributed by atoms with Crippen LogP contribution in [-0.4, -0.2) is 25.1 Å². The summed E-state index contributed by atoms with van der Waals surface area (Å²) in [6, 6.07) is 7.67. The van der Waals surface area contributed by atoms with Crippen molar-refractivity contribution in [3.63, 3.8) is 0 Å². The van der Waals surface area contributed by atoms with Gasteiger partial charge in [0, 0.05) is 18.7 Å². The summed E-state index contributed by atoms with van der Waals surface area (Å²) in [4.78, 5) is 11.9. The van der Waals surface area contributed by atoms with Crippen molar-refractivity contribution in [1.29, 1.82) is 0 Å². The summed E-state index contributed by atoms with van der Waals surface area (Å²) in [6.07, 6.45) is 0. The molecule has 0 heterocycles. The van der Waals surface area contributed by atoms with Gasteiger partial charge < -0.3 is 15.4 Å². The molecule has 0 bridgehead atoms. The zero-order chi connectivity index (χ0) is 15.0. The highest BCUT2D eigenvalue weighted by Crippen LogP contribution is 2.17. The summed E-state index contributed by atoms with van der Waals surface area (Å²) in [5, 5.41) is 6.15. The molecule has 0 aromatic heterocycles. The zero-order valence-corrected chi connectivity index (χ0v) is 12.9. The minimum Gasteiger partial charge on any atom is -0.494 e. The smallest absolute Gasteiger partial charge is 0.236 e. The lowest BCUT2D eigenvalue weighted by Crippen LogP contribution is -2.43. The largest absolute Gasteiger partial charge is 0.494 e. The number of carbonyl (C=O) groups excluding carboxylic acids is 1. The molecule has 4 heteroatoms. The van der Waals surface area contributed by atoms with Gasteiger partial charge in [-0.15, -0.1) is 0 Å². The van der Waals surface area contributed by atoms with Crippen LogP contribution in [0, 0.1) is 5.92 Å². The van der Waals surface area contributed by atoms with Crippen LogP contribution in [0.25, 0.3) is 0 Å². The highest BCUT2D eigenvalue weighted by Gasteiger charge is 2.13. The van der Waals surface area contributed by atoms with Crippen molar-refractivity contribution in [3.8, 4) is 5.75 Å². The van der Waals surface area contributed by atoms with Crippen molar-refractivity contribution in [1.82, 2.24) is 10.6 Å². The first kappa shape index (κ1) is 16.5. The fraction of sp³-hybridized carbons (Fsp3) is 0.562. The molecule has 0 aliphatic carbocycles. The van der Waals surface area contributed by atoms with E-state index >= 15 is 0 Å². The molecule has 1 rings (SSSR count). The third-order valence-corrected chi connectivity index (χ3v) is 2.95. The van der Waals surface area contributed by atoms with Crippen molar-refractivity contribution < 1.29 is 9.53 Å². The first-order valence-corrected chi connectivity index (χ1v) is 7.26. The molecule has 0 radical (unpaired) electrons. The monoisotopic (exact) mass is 278 g/mol. The molecular weight excluding hydrogens is 252 g/mol. The molecule has 2 N–H and O–H groups in total. The van der Waals surface area contributed by atoms with Crippen LogP contribution in [0.3, 0.4) is 0 Å². The first-order valence-electron chi connectivity index (χ1n) is 7.26. The van der Waals surface area contributed by atoms with E-state index in [0.717, 1.165) is 11.3 Å². The molecule has 1 aromatic rings. The predicted molar refractivity (Wildman–Crippen MR) is 81.8 cm³/mol. The number of hydrogen-bond donors (Lipinski definition) is 2. The van der Waals surface area contributed by atoms with Gasteiger partial charge in [-0.1, -0.05) is 32.0 Å². The van der Waals surface area contributed by atoms with Crippen molar-refractivity contribution in [3.05, 3.63) is 29.8 Å². The molecule has 112 valence electrons. The molecule has 1 amide bonds. The summed E-state index contributed by atoms with van der Waals surface area (Å²) in [5.74, 6) is 1.37.